The normalized spacial score (nSPS) is 16.5. The zero-order chi connectivity index (χ0) is 14.7. The monoisotopic (exact) mass is 302 g/mol. The van der Waals surface area contributed by atoms with Crippen molar-refractivity contribution in [1.29, 1.82) is 0 Å². The second-order valence-electron chi connectivity index (χ2n) is 5.10. The van der Waals surface area contributed by atoms with Crippen molar-refractivity contribution in [3.63, 3.8) is 0 Å². The van der Waals surface area contributed by atoms with Crippen LogP contribution in [0.1, 0.15) is 5.56 Å². The fourth-order valence-electron chi connectivity index (χ4n) is 2.20. The molecule has 0 aliphatic carbocycles. The molecule has 4 N–H and O–H groups in total. The van der Waals surface area contributed by atoms with E-state index in [1.165, 1.54) is 0 Å². The maximum absolute atomic E-state index is 5.92. The first-order valence-electron chi connectivity index (χ1n) is 6.88. The van der Waals surface area contributed by atoms with Crippen LogP contribution in [0.3, 0.4) is 0 Å². The van der Waals surface area contributed by atoms with Crippen LogP contribution in [-0.2, 0) is 0 Å². The topological polar surface area (TPSA) is 77.8 Å². The molecule has 1 fully saturated rings. The van der Waals surface area contributed by atoms with E-state index in [9.17, 15) is 0 Å². The third-order valence-electron chi connectivity index (χ3n) is 3.55. The van der Waals surface area contributed by atoms with Crippen molar-refractivity contribution in [2.24, 2.45) is 11.7 Å². The first kappa shape index (κ1) is 14.0. The number of aromatic nitrogens is 2. The van der Waals surface area contributed by atoms with Crippen molar-refractivity contribution in [3.8, 4) is 0 Å². The molecule has 0 saturated carbocycles. The number of halogens is 1. The maximum atomic E-state index is 5.92. The second kappa shape index (κ2) is 6.20. The highest BCUT2D eigenvalue weighted by molar-refractivity contribution is 6.29. The minimum Gasteiger partial charge on any atom is -0.404 e. The lowest BCUT2D eigenvalue weighted by Crippen LogP contribution is -2.74. The van der Waals surface area contributed by atoms with Crippen molar-refractivity contribution in [2.45, 2.75) is 0 Å². The van der Waals surface area contributed by atoms with Crippen molar-refractivity contribution < 1.29 is 4.99 Å². The van der Waals surface area contributed by atoms with Gasteiger partial charge in [0.2, 0.25) is 0 Å². The van der Waals surface area contributed by atoms with Gasteiger partial charge in [0.1, 0.15) is 11.7 Å². The van der Waals surface area contributed by atoms with Crippen molar-refractivity contribution >= 4 is 34.4 Å². The van der Waals surface area contributed by atoms with Crippen LogP contribution in [0.5, 0.6) is 0 Å². The summed E-state index contributed by atoms with van der Waals surface area (Å²) in [7, 11) is 0. The van der Waals surface area contributed by atoms with Crippen molar-refractivity contribution in [2.75, 3.05) is 19.6 Å². The molecule has 1 saturated heterocycles. The summed E-state index contributed by atoms with van der Waals surface area (Å²) < 4.78 is 0. The predicted octanol–water partition coefficient (Wildman–Crippen LogP) is -0.0464. The van der Waals surface area contributed by atoms with E-state index in [4.69, 9.17) is 17.3 Å². The number of pyridine rings is 2. The van der Waals surface area contributed by atoms with Gasteiger partial charge >= 0.3 is 0 Å². The Balaban J connectivity index is 1.82. The van der Waals surface area contributed by atoms with Gasteiger partial charge < -0.3 is 11.1 Å². The SMILES string of the molecule is NC=C(C=[NH+]CC1CNC1)c1cnc2ccc(Cl)nc2c1. The Morgan fingerprint density at radius 3 is 3.00 bits per heavy atom. The number of rotatable bonds is 4. The maximum Gasteiger partial charge on any atom is 0.171 e. The van der Waals surface area contributed by atoms with Gasteiger partial charge in [-0.15, -0.1) is 0 Å². The van der Waals surface area contributed by atoms with Crippen LogP contribution in [0.25, 0.3) is 16.6 Å². The fraction of sp³-hybridized carbons (Fsp3) is 0.267. The largest absolute Gasteiger partial charge is 0.404 e. The highest BCUT2D eigenvalue weighted by Crippen LogP contribution is 2.17. The molecule has 0 aromatic carbocycles. The van der Waals surface area contributed by atoms with E-state index >= 15 is 0 Å². The summed E-state index contributed by atoms with van der Waals surface area (Å²) in [5.74, 6) is 0.690. The molecular weight excluding hydrogens is 286 g/mol. The van der Waals surface area contributed by atoms with Gasteiger partial charge in [0.05, 0.1) is 16.6 Å². The summed E-state index contributed by atoms with van der Waals surface area (Å²) >= 11 is 5.92. The van der Waals surface area contributed by atoms with Gasteiger partial charge in [0, 0.05) is 37.0 Å². The molecule has 2 aromatic heterocycles. The van der Waals surface area contributed by atoms with Gasteiger partial charge in [0.15, 0.2) is 6.21 Å². The van der Waals surface area contributed by atoms with Crippen LogP contribution >= 0.6 is 11.6 Å². The van der Waals surface area contributed by atoms with Gasteiger partial charge in [-0.05, 0) is 18.2 Å². The third kappa shape index (κ3) is 3.20. The molecule has 2 aromatic rings. The standard InChI is InChI=1S/C15H16ClN5/c16-15-2-1-13-14(21-15)3-11(9-20-13)12(4-17)8-19-7-10-5-18-6-10/h1-4,8-10,18H,5-7,17H2/p+1. The highest BCUT2D eigenvalue weighted by atomic mass is 35.5. The molecule has 21 heavy (non-hydrogen) atoms. The highest BCUT2D eigenvalue weighted by Gasteiger charge is 2.18. The zero-order valence-electron chi connectivity index (χ0n) is 11.5. The van der Waals surface area contributed by atoms with Gasteiger partial charge in [-0.2, -0.15) is 0 Å². The van der Waals surface area contributed by atoms with Crippen LogP contribution < -0.4 is 16.0 Å². The number of allylic oxidation sites excluding steroid dienone is 1. The Morgan fingerprint density at radius 1 is 1.43 bits per heavy atom. The molecule has 0 spiro atoms. The zero-order valence-corrected chi connectivity index (χ0v) is 12.3. The van der Waals surface area contributed by atoms with Crippen molar-refractivity contribution in [3.05, 3.63) is 41.3 Å². The van der Waals surface area contributed by atoms with E-state index in [0.717, 1.165) is 41.8 Å². The first-order valence-corrected chi connectivity index (χ1v) is 7.26. The number of nitrogens with one attached hydrogen (secondary N) is 2. The van der Waals surface area contributed by atoms with Crippen molar-refractivity contribution in [1.82, 2.24) is 15.3 Å². The van der Waals surface area contributed by atoms with E-state index < -0.39 is 0 Å². The number of nitrogens with zero attached hydrogens (tertiary/aromatic N) is 2. The Bertz CT molecular complexity index is 706. The summed E-state index contributed by atoms with van der Waals surface area (Å²) in [6.07, 6.45) is 5.28. The molecule has 3 heterocycles. The van der Waals surface area contributed by atoms with Gasteiger partial charge in [-0.25, -0.2) is 9.98 Å². The smallest absolute Gasteiger partial charge is 0.171 e. The minimum atomic E-state index is 0.458. The van der Waals surface area contributed by atoms with Crippen LogP contribution in [0.2, 0.25) is 5.15 Å². The molecule has 0 amide bonds. The summed E-state index contributed by atoms with van der Waals surface area (Å²) in [6, 6.07) is 5.53. The Morgan fingerprint density at radius 2 is 2.29 bits per heavy atom. The Labute approximate surface area is 127 Å². The summed E-state index contributed by atoms with van der Waals surface area (Å²) in [4.78, 5) is 12.0. The van der Waals surface area contributed by atoms with Crippen LogP contribution in [0, 0.1) is 5.92 Å². The van der Waals surface area contributed by atoms with Gasteiger partial charge in [-0.1, -0.05) is 11.6 Å². The molecule has 6 heteroatoms. The molecule has 1 aliphatic rings. The molecule has 0 radical (unpaired) electrons. The van der Waals surface area contributed by atoms with Crippen LogP contribution in [-0.4, -0.2) is 35.8 Å². The van der Waals surface area contributed by atoms with E-state index in [-0.39, 0.29) is 0 Å². The molecule has 0 bridgehead atoms. The fourth-order valence-corrected chi connectivity index (χ4v) is 2.35. The molecule has 1 aliphatic heterocycles. The molecule has 3 rings (SSSR count). The second-order valence-corrected chi connectivity index (χ2v) is 5.48. The van der Waals surface area contributed by atoms with E-state index in [0.29, 0.717) is 11.1 Å². The number of hydrogen-bond donors (Lipinski definition) is 3. The average Bonchev–Trinajstić information content (AvgIpc) is 2.45. The summed E-state index contributed by atoms with van der Waals surface area (Å²) in [5, 5.41) is 3.70. The molecule has 0 atom stereocenters. The average molecular weight is 303 g/mol. The van der Waals surface area contributed by atoms with Gasteiger partial charge in [0.25, 0.3) is 0 Å². The van der Waals surface area contributed by atoms with E-state index in [1.807, 2.05) is 18.3 Å². The molecular formula is C15H17ClN5+. The molecule has 5 nitrogen and oxygen atoms in total. The number of fused-ring (bicyclic) bond motifs is 1. The molecule has 108 valence electrons. The number of nitrogens with two attached hydrogens (primary N) is 1. The molecule has 0 unspecified atom stereocenters. The minimum absolute atomic E-state index is 0.458. The lowest BCUT2D eigenvalue weighted by Gasteiger charge is -2.22. The van der Waals surface area contributed by atoms with Crippen LogP contribution in [0.15, 0.2) is 30.6 Å². The third-order valence-corrected chi connectivity index (χ3v) is 3.76. The lowest BCUT2D eigenvalue weighted by molar-refractivity contribution is -0.461. The lowest BCUT2D eigenvalue weighted by atomic mass is 10.0. The summed E-state index contributed by atoms with van der Waals surface area (Å²) in [6.45, 7) is 3.08. The van der Waals surface area contributed by atoms with Gasteiger partial charge in [-0.3, -0.25) is 4.98 Å². The Kier molecular flexibility index (Phi) is 4.13. The van der Waals surface area contributed by atoms with E-state index in [2.05, 4.69) is 20.3 Å². The summed E-state index contributed by atoms with van der Waals surface area (Å²) in [5.41, 5.74) is 9.10. The Hall–Kier alpha value is -1.98. The van der Waals surface area contributed by atoms with Crippen LogP contribution in [0.4, 0.5) is 0 Å². The number of hydrogen-bond acceptors (Lipinski definition) is 4. The van der Waals surface area contributed by atoms with E-state index in [1.54, 1.807) is 18.5 Å². The quantitative estimate of drug-likeness (QED) is 0.547. The predicted molar refractivity (Wildman–Crippen MR) is 85.0 cm³/mol. The first-order chi connectivity index (χ1) is 10.3.